The van der Waals surface area contributed by atoms with Gasteiger partial charge in [-0.2, -0.15) is 0 Å². The highest BCUT2D eigenvalue weighted by molar-refractivity contribution is 5.71. The van der Waals surface area contributed by atoms with Crippen molar-refractivity contribution < 1.29 is 28.6 Å². The molecule has 0 saturated heterocycles. The molecule has 0 bridgehead atoms. The maximum absolute atomic E-state index is 12.9. The Kier molecular flexibility index (Phi) is 63.3. The minimum atomic E-state index is -0.803. The summed E-state index contributed by atoms with van der Waals surface area (Å²) in [6.45, 7) is 6.38. The van der Waals surface area contributed by atoms with E-state index in [1.807, 2.05) is 0 Å². The van der Waals surface area contributed by atoms with Crippen LogP contribution in [0.2, 0.25) is 0 Å². The molecule has 0 saturated carbocycles. The van der Waals surface area contributed by atoms with E-state index in [0.717, 1.165) is 109 Å². The van der Waals surface area contributed by atoms with E-state index in [2.05, 4.69) is 130 Å². The van der Waals surface area contributed by atoms with Crippen molar-refractivity contribution in [2.75, 3.05) is 13.2 Å². The Balaban J connectivity index is 4.17. The van der Waals surface area contributed by atoms with Gasteiger partial charge in [0.2, 0.25) is 0 Å². The van der Waals surface area contributed by atoms with Crippen molar-refractivity contribution in [3.8, 4) is 0 Å². The van der Waals surface area contributed by atoms with E-state index in [4.69, 9.17) is 14.2 Å². The topological polar surface area (TPSA) is 78.9 Å². The molecule has 6 nitrogen and oxygen atoms in total. The molecule has 0 aromatic rings. The largest absolute Gasteiger partial charge is 0.462 e. The normalized spacial score (nSPS) is 12.8. The van der Waals surface area contributed by atoms with Crippen LogP contribution in [0.15, 0.2) is 109 Å². The molecular weight excluding hydrogens is 973 g/mol. The maximum atomic E-state index is 12.9. The predicted molar refractivity (Wildman–Crippen MR) is 343 cm³/mol. The molecule has 0 aromatic carbocycles. The summed E-state index contributed by atoms with van der Waals surface area (Å²) in [6.07, 6.45) is 91.3. The van der Waals surface area contributed by atoms with Crippen molar-refractivity contribution in [2.24, 2.45) is 0 Å². The van der Waals surface area contributed by atoms with Crippen LogP contribution in [0.5, 0.6) is 0 Å². The number of hydrogen-bond acceptors (Lipinski definition) is 6. The van der Waals surface area contributed by atoms with E-state index in [1.165, 1.54) is 161 Å². The van der Waals surface area contributed by atoms with Gasteiger partial charge in [0.1, 0.15) is 13.2 Å². The van der Waals surface area contributed by atoms with Gasteiger partial charge in [-0.25, -0.2) is 0 Å². The second-order valence-corrected chi connectivity index (χ2v) is 22.0. The zero-order valence-electron chi connectivity index (χ0n) is 51.9. The van der Waals surface area contributed by atoms with Crippen LogP contribution in [0.1, 0.15) is 316 Å². The third-order valence-corrected chi connectivity index (χ3v) is 14.2. The molecule has 0 aliphatic rings. The van der Waals surface area contributed by atoms with E-state index in [1.54, 1.807) is 0 Å². The molecule has 1 atom stereocenters. The fourth-order valence-electron chi connectivity index (χ4n) is 9.30. The van der Waals surface area contributed by atoms with Crippen LogP contribution in [-0.2, 0) is 28.6 Å². The molecule has 0 spiro atoms. The van der Waals surface area contributed by atoms with Gasteiger partial charge in [0.25, 0.3) is 0 Å². The summed E-state index contributed by atoms with van der Waals surface area (Å²) >= 11 is 0. The quantitative estimate of drug-likeness (QED) is 0.0261. The Bertz CT molecular complexity index is 1590. The highest BCUT2D eigenvalue weighted by atomic mass is 16.6. The van der Waals surface area contributed by atoms with Crippen molar-refractivity contribution in [3.63, 3.8) is 0 Å². The van der Waals surface area contributed by atoms with Crippen LogP contribution in [0.25, 0.3) is 0 Å². The molecule has 0 aliphatic carbocycles. The lowest BCUT2D eigenvalue weighted by molar-refractivity contribution is -0.167. The van der Waals surface area contributed by atoms with Gasteiger partial charge in [0, 0.05) is 19.3 Å². The second kappa shape index (κ2) is 66.6. The molecule has 6 heteroatoms. The van der Waals surface area contributed by atoms with Crippen LogP contribution in [0.3, 0.4) is 0 Å². The van der Waals surface area contributed by atoms with Gasteiger partial charge in [0.15, 0.2) is 6.10 Å². The number of allylic oxidation sites excluding steroid dienone is 18. The minimum absolute atomic E-state index is 0.0949. The van der Waals surface area contributed by atoms with Crippen molar-refractivity contribution in [1.29, 1.82) is 0 Å². The first kappa shape index (κ1) is 75.1. The van der Waals surface area contributed by atoms with Gasteiger partial charge in [-0.15, -0.1) is 0 Å². The zero-order valence-corrected chi connectivity index (χ0v) is 51.9. The lowest BCUT2D eigenvalue weighted by Gasteiger charge is -2.18. The summed E-state index contributed by atoms with van der Waals surface area (Å²) < 4.78 is 16.9. The SMILES string of the molecule is CC/C=C\C/C=C\C/C=C\C/C=C\CCCCCCCCCCCCCCCCCCCCCCC(=O)OCC(COC(=O)CCCCCCC/C=C\CCCCCC)OC(=O)CCCC/C=C\C/C=C\C/C=C\C/C=C\CC. The third kappa shape index (κ3) is 64.8. The number of unbranched alkanes of at least 4 members (excludes halogenated alkanes) is 31. The van der Waals surface area contributed by atoms with Crippen LogP contribution in [0.4, 0.5) is 0 Å². The molecule has 0 aromatic heterocycles. The van der Waals surface area contributed by atoms with Crippen LogP contribution >= 0.6 is 0 Å². The van der Waals surface area contributed by atoms with Crippen molar-refractivity contribution in [3.05, 3.63) is 109 Å². The van der Waals surface area contributed by atoms with Crippen LogP contribution in [0, 0.1) is 0 Å². The van der Waals surface area contributed by atoms with Gasteiger partial charge in [-0.05, 0) is 122 Å². The van der Waals surface area contributed by atoms with E-state index in [9.17, 15) is 14.4 Å². The molecule has 0 aliphatic heterocycles. The van der Waals surface area contributed by atoms with E-state index in [-0.39, 0.29) is 37.5 Å². The first-order chi connectivity index (χ1) is 39.0. The van der Waals surface area contributed by atoms with Gasteiger partial charge in [0.05, 0.1) is 0 Å². The molecule has 0 rings (SSSR count). The maximum Gasteiger partial charge on any atom is 0.306 e. The lowest BCUT2D eigenvalue weighted by Crippen LogP contribution is -2.30. The lowest BCUT2D eigenvalue weighted by atomic mass is 10.0. The highest BCUT2D eigenvalue weighted by Gasteiger charge is 2.19. The molecule has 0 N–H and O–H groups in total. The summed E-state index contributed by atoms with van der Waals surface area (Å²) in [5.41, 5.74) is 0. The fourth-order valence-corrected chi connectivity index (χ4v) is 9.30. The average Bonchev–Trinajstić information content (AvgIpc) is 3.45. The van der Waals surface area contributed by atoms with Gasteiger partial charge >= 0.3 is 17.9 Å². The van der Waals surface area contributed by atoms with E-state index < -0.39 is 6.10 Å². The molecule has 0 fully saturated rings. The molecule has 79 heavy (non-hydrogen) atoms. The molecule has 0 radical (unpaired) electrons. The van der Waals surface area contributed by atoms with Crippen molar-refractivity contribution in [1.82, 2.24) is 0 Å². The summed E-state index contributed by atoms with van der Waals surface area (Å²) in [7, 11) is 0. The number of esters is 3. The standard InChI is InChI=1S/C73H124O6/c1-4-7-10-13-16-19-22-25-27-28-29-30-31-32-33-34-35-36-37-38-39-40-41-42-43-44-46-48-51-54-57-60-63-66-72(75)78-69-70(68-77-71(74)65-62-59-56-53-50-47-24-21-18-15-12-9-6-3)79-73(76)67-64-61-58-55-52-49-45-26-23-20-17-14-11-8-5-2/h7-8,10-11,16-17,19-21,24-27,29-30,45,52,55,70H,4-6,9,12-15,18,22-23,28,31-44,46-51,53-54,56-69H2,1-3H3/b10-7-,11-8-,19-16-,20-17-,24-21-,27-25-,30-29-,45-26-,55-52-. The first-order valence-electron chi connectivity index (χ1n) is 33.4. The Morgan fingerprint density at radius 3 is 0.810 bits per heavy atom. The molecule has 0 heterocycles. The number of carbonyl (C=O) groups excluding carboxylic acids is 3. The van der Waals surface area contributed by atoms with Gasteiger partial charge in [-0.3, -0.25) is 14.4 Å². The van der Waals surface area contributed by atoms with Crippen LogP contribution < -0.4 is 0 Å². The highest BCUT2D eigenvalue weighted by Crippen LogP contribution is 2.17. The summed E-state index contributed by atoms with van der Waals surface area (Å²) in [5.74, 6) is -0.937. The average molecular weight is 1100 g/mol. The van der Waals surface area contributed by atoms with Gasteiger partial charge < -0.3 is 14.2 Å². The Morgan fingerprint density at radius 2 is 0.494 bits per heavy atom. The number of hydrogen-bond donors (Lipinski definition) is 0. The van der Waals surface area contributed by atoms with Crippen molar-refractivity contribution in [2.45, 2.75) is 322 Å². The summed E-state index contributed by atoms with van der Waals surface area (Å²) in [4.78, 5) is 38.2. The number of rotatable bonds is 60. The molecule has 452 valence electrons. The predicted octanol–water partition coefficient (Wildman–Crippen LogP) is 23.0. The van der Waals surface area contributed by atoms with E-state index in [0.29, 0.717) is 19.3 Å². The van der Waals surface area contributed by atoms with Crippen LogP contribution in [-0.4, -0.2) is 37.2 Å². The van der Waals surface area contributed by atoms with Gasteiger partial charge in [-0.1, -0.05) is 284 Å². The molecule has 0 amide bonds. The second-order valence-electron chi connectivity index (χ2n) is 22.0. The molecule has 1 unspecified atom stereocenters. The van der Waals surface area contributed by atoms with E-state index >= 15 is 0 Å². The molecular formula is C73H124O6. The number of ether oxygens (including phenoxy) is 3. The zero-order chi connectivity index (χ0) is 57.1. The smallest absolute Gasteiger partial charge is 0.306 e. The van der Waals surface area contributed by atoms with Crippen molar-refractivity contribution >= 4 is 17.9 Å². The fraction of sp³-hybridized carbons (Fsp3) is 0.712. The summed E-state index contributed by atoms with van der Waals surface area (Å²) in [6, 6.07) is 0. The monoisotopic (exact) mass is 1100 g/mol. The number of carbonyl (C=O) groups is 3. The Morgan fingerprint density at radius 1 is 0.266 bits per heavy atom. The first-order valence-corrected chi connectivity index (χ1v) is 33.4. The Hall–Kier alpha value is -3.93. The minimum Gasteiger partial charge on any atom is -0.462 e. The summed E-state index contributed by atoms with van der Waals surface area (Å²) in [5, 5.41) is 0. The third-order valence-electron chi connectivity index (χ3n) is 14.2. The Labute approximate surface area is 489 Å².